The van der Waals surface area contributed by atoms with Crippen molar-refractivity contribution in [1.82, 2.24) is 10.2 Å². The van der Waals surface area contributed by atoms with E-state index in [4.69, 9.17) is 9.47 Å². The Morgan fingerprint density at radius 2 is 1.95 bits per heavy atom. The molecule has 0 bridgehead atoms. The molecule has 3 unspecified atom stereocenters. The third kappa shape index (κ3) is 3.00. The van der Waals surface area contributed by atoms with Crippen LogP contribution in [0.4, 0.5) is 0 Å². The molecule has 0 aromatic rings. The highest BCUT2D eigenvalue weighted by molar-refractivity contribution is 5.83. The number of carbonyl (C=O) groups excluding carboxylic acids is 1. The number of ether oxygens (including phenoxy) is 2. The van der Waals surface area contributed by atoms with Crippen molar-refractivity contribution < 1.29 is 14.3 Å². The topological polar surface area (TPSA) is 50.8 Å². The van der Waals surface area contributed by atoms with Crippen LogP contribution in [0.5, 0.6) is 0 Å². The third-order valence-electron chi connectivity index (χ3n) is 4.76. The van der Waals surface area contributed by atoms with Gasteiger partial charge >= 0.3 is 0 Å². The molecule has 1 amide bonds. The summed E-state index contributed by atoms with van der Waals surface area (Å²) in [5, 5.41) is 3.41. The average Bonchev–Trinajstić information content (AvgIpc) is 2.91. The lowest BCUT2D eigenvalue weighted by atomic mass is 9.76. The molecule has 3 atom stereocenters. The van der Waals surface area contributed by atoms with Crippen molar-refractivity contribution in [3.63, 3.8) is 0 Å². The summed E-state index contributed by atoms with van der Waals surface area (Å²) in [7, 11) is 3.38. The Bertz CT molecular complexity index is 312. The van der Waals surface area contributed by atoms with Crippen molar-refractivity contribution in [2.45, 2.75) is 44.8 Å². The third-order valence-corrected chi connectivity index (χ3v) is 4.76. The quantitative estimate of drug-likeness (QED) is 0.819. The Balaban J connectivity index is 2.08. The predicted octanol–water partition coefficient (Wildman–Crippen LogP) is 1.03. The standard InChI is InChI=1S/C15H28N2O3/c1-4-6-15(7-5-8-16-11-15)14(18)17-9-12(19-2)13(10-17)20-3/h12-13,16H,4-11H2,1-3H3. The first-order valence-electron chi connectivity index (χ1n) is 7.72. The van der Waals surface area contributed by atoms with Gasteiger partial charge in [-0.25, -0.2) is 0 Å². The van der Waals surface area contributed by atoms with E-state index in [1.54, 1.807) is 14.2 Å². The van der Waals surface area contributed by atoms with E-state index in [9.17, 15) is 4.79 Å². The van der Waals surface area contributed by atoms with E-state index in [-0.39, 0.29) is 23.5 Å². The minimum Gasteiger partial charge on any atom is -0.377 e. The molecule has 5 nitrogen and oxygen atoms in total. The van der Waals surface area contributed by atoms with Crippen LogP contribution in [0.1, 0.15) is 32.6 Å². The normalized spacial score (nSPS) is 34.5. The Kier molecular flexibility index (Phi) is 5.41. The van der Waals surface area contributed by atoms with Crippen LogP contribution in [0.2, 0.25) is 0 Å². The van der Waals surface area contributed by atoms with Gasteiger partial charge in [0, 0.05) is 33.9 Å². The summed E-state index contributed by atoms with van der Waals surface area (Å²) in [5.74, 6) is 0.285. The van der Waals surface area contributed by atoms with Gasteiger partial charge in [-0.2, -0.15) is 0 Å². The first-order chi connectivity index (χ1) is 9.66. The number of nitrogens with one attached hydrogen (secondary N) is 1. The minimum atomic E-state index is -0.214. The average molecular weight is 284 g/mol. The van der Waals surface area contributed by atoms with Crippen LogP contribution in [0, 0.1) is 5.41 Å². The summed E-state index contributed by atoms with van der Waals surface area (Å²) in [4.78, 5) is 15.0. The van der Waals surface area contributed by atoms with E-state index in [2.05, 4.69) is 12.2 Å². The van der Waals surface area contributed by atoms with Gasteiger partial charge in [0.1, 0.15) is 12.2 Å². The second kappa shape index (κ2) is 6.87. The van der Waals surface area contributed by atoms with Crippen molar-refractivity contribution in [3.8, 4) is 0 Å². The summed E-state index contributed by atoms with van der Waals surface area (Å²) < 4.78 is 10.9. The van der Waals surface area contributed by atoms with Gasteiger partial charge in [0.2, 0.25) is 5.91 Å². The van der Waals surface area contributed by atoms with Gasteiger partial charge in [-0.05, 0) is 25.8 Å². The maximum Gasteiger partial charge on any atom is 0.230 e. The number of carbonyl (C=O) groups is 1. The smallest absolute Gasteiger partial charge is 0.230 e. The lowest BCUT2D eigenvalue weighted by Gasteiger charge is -2.39. The number of hydrogen-bond donors (Lipinski definition) is 1. The Morgan fingerprint density at radius 3 is 2.40 bits per heavy atom. The van der Waals surface area contributed by atoms with E-state index in [1.165, 1.54) is 0 Å². The summed E-state index contributed by atoms with van der Waals surface area (Å²) >= 11 is 0. The molecule has 2 heterocycles. The highest BCUT2D eigenvalue weighted by Crippen LogP contribution is 2.35. The lowest BCUT2D eigenvalue weighted by Crippen LogP contribution is -2.51. The lowest BCUT2D eigenvalue weighted by molar-refractivity contribution is -0.143. The Hall–Kier alpha value is -0.650. The van der Waals surface area contributed by atoms with Crippen LogP contribution in [0.25, 0.3) is 0 Å². The van der Waals surface area contributed by atoms with Crippen LogP contribution in [-0.2, 0) is 14.3 Å². The van der Waals surface area contributed by atoms with Crippen molar-refractivity contribution in [3.05, 3.63) is 0 Å². The fourth-order valence-electron chi connectivity index (χ4n) is 3.65. The molecule has 2 aliphatic rings. The largest absolute Gasteiger partial charge is 0.377 e. The van der Waals surface area contributed by atoms with Gasteiger partial charge in [0.25, 0.3) is 0 Å². The monoisotopic (exact) mass is 284 g/mol. The molecular formula is C15H28N2O3. The zero-order valence-corrected chi connectivity index (χ0v) is 13.0. The molecule has 2 rings (SSSR count). The molecule has 0 radical (unpaired) electrons. The molecule has 0 aliphatic carbocycles. The molecule has 20 heavy (non-hydrogen) atoms. The molecule has 1 N–H and O–H groups in total. The number of likely N-dealkylation sites (tertiary alicyclic amines) is 1. The molecule has 116 valence electrons. The SMILES string of the molecule is CCCC1(C(=O)N2CC(OC)C(OC)C2)CCCNC1. The van der Waals surface area contributed by atoms with E-state index >= 15 is 0 Å². The van der Waals surface area contributed by atoms with Crippen LogP contribution in [-0.4, -0.2) is 63.4 Å². The predicted molar refractivity (Wildman–Crippen MR) is 77.6 cm³/mol. The summed E-state index contributed by atoms with van der Waals surface area (Å²) in [5.41, 5.74) is -0.214. The summed E-state index contributed by atoms with van der Waals surface area (Å²) in [6.45, 7) is 5.30. The minimum absolute atomic E-state index is 0.000763. The molecule has 5 heteroatoms. The molecule has 2 fully saturated rings. The molecule has 0 saturated carbocycles. The van der Waals surface area contributed by atoms with E-state index < -0.39 is 0 Å². The molecule has 0 aromatic heterocycles. The van der Waals surface area contributed by atoms with Crippen molar-refractivity contribution in [2.24, 2.45) is 5.41 Å². The number of amides is 1. The Labute approximate surface area is 122 Å². The highest BCUT2D eigenvalue weighted by Gasteiger charge is 2.45. The highest BCUT2D eigenvalue weighted by atomic mass is 16.5. The van der Waals surface area contributed by atoms with Gasteiger partial charge in [-0.3, -0.25) is 4.79 Å². The van der Waals surface area contributed by atoms with Crippen LogP contribution >= 0.6 is 0 Å². The maximum absolute atomic E-state index is 13.0. The maximum atomic E-state index is 13.0. The molecule has 0 spiro atoms. The van der Waals surface area contributed by atoms with Crippen LogP contribution in [0.15, 0.2) is 0 Å². The van der Waals surface area contributed by atoms with E-state index in [1.807, 2.05) is 4.90 Å². The van der Waals surface area contributed by atoms with Crippen LogP contribution in [0.3, 0.4) is 0 Å². The number of nitrogens with zero attached hydrogens (tertiary/aromatic N) is 1. The van der Waals surface area contributed by atoms with Crippen molar-refractivity contribution >= 4 is 5.91 Å². The zero-order valence-electron chi connectivity index (χ0n) is 13.0. The zero-order chi connectivity index (χ0) is 14.6. The van der Waals surface area contributed by atoms with Crippen LogP contribution < -0.4 is 5.32 Å². The van der Waals surface area contributed by atoms with E-state index in [0.29, 0.717) is 13.1 Å². The van der Waals surface area contributed by atoms with Gasteiger partial charge in [-0.1, -0.05) is 13.3 Å². The van der Waals surface area contributed by atoms with E-state index in [0.717, 1.165) is 38.8 Å². The fourth-order valence-corrected chi connectivity index (χ4v) is 3.65. The van der Waals surface area contributed by atoms with Crippen molar-refractivity contribution in [1.29, 1.82) is 0 Å². The fraction of sp³-hybridized carbons (Fsp3) is 0.933. The summed E-state index contributed by atoms with van der Waals surface area (Å²) in [6.07, 6.45) is 4.09. The first kappa shape index (κ1) is 15.7. The second-order valence-electron chi connectivity index (χ2n) is 6.07. The van der Waals surface area contributed by atoms with Crippen molar-refractivity contribution in [2.75, 3.05) is 40.4 Å². The molecular weight excluding hydrogens is 256 g/mol. The van der Waals surface area contributed by atoms with Gasteiger partial charge in [0.15, 0.2) is 0 Å². The number of methoxy groups -OCH3 is 2. The molecule has 0 aromatic carbocycles. The Morgan fingerprint density at radius 1 is 1.30 bits per heavy atom. The van der Waals surface area contributed by atoms with Gasteiger partial charge in [0.05, 0.1) is 5.41 Å². The van der Waals surface area contributed by atoms with Gasteiger partial charge in [-0.15, -0.1) is 0 Å². The summed E-state index contributed by atoms with van der Waals surface area (Å²) in [6, 6.07) is 0. The first-order valence-corrected chi connectivity index (χ1v) is 7.72. The molecule has 2 aliphatic heterocycles. The van der Waals surface area contributed by atoms with Gasteiger partial charge < -0.3 is 19.7 Å². The number of piperidine rings is 1. The number of rotatable bonds is 5. The number of hydrogen-bond acceptors (Lipinski definition) is 4. The molecule has 2 saturated heterocycles. The second-order valence-corrected chi connectivity index (χ2v) is 6.07.